The molecule has 0 saturated carbocycles. The number of hydrogen-bond acceptors (Lipinski definition) is 7. The van der Waals surface area contributed by atoms with E-state index in [4.69, 9.17) is 14.5 Å². The first-order valence-corrected chi connectivity index (χ1v) is 10.5. The Morgan fingerprint density at radius 1 is 1.22 bits per heavy atom. The van der Waals surface area contributed by atoms with E-state index in [1.54, 1.807) is 11.3 Å². The average Bonchev–Trinajstić information content (AvgIpc) is 3.39. The Balaban J connectivity index is 1.50. The third-order valence-electron chi connectivity index (χ3n) is 5.54. The summed E-state index contributed by atoms with van der Waals surface area (Å²) in [5.74, 6) is 1.54. The molecule has 1 atom stereocenters. The second kappa shape index (κ2) is 7.05. The Kier molecular flexibility index (Phi) is 4.41. The van der Waals surface area contributed by atoms with Crippen molar-refractivity contribution < 1.29 is 4.52 Å². The number of thiophene rings is 1. The first-order chi connectivity index (χ1) is 13.3. The average molecular weight is 382 g/mol. The lowest BCUT2D eigenvalue weighted by atomic mass is 10.00. The molecule has 0 aliphatic carbocycles. The molecule has 5 rings (SSSR count). The van der Waals surface area contributed by atoms with Crippen molar-refractivity contribution in [2.45, 2.75) is 32.2 Å². The van der Waals surface area contributed by atoms with E-state index >= 15 is 0 Å². The van der Waals surface area contributed by atoms with E-state index in [0.29, 0.717) is 6.04 Å². The van der Waals surface area contributed by atoms with E-state index in [1.807, 2.05) is 19.2 Å². The maximum absolute atomic E-state index is 5.50. The summed E-state index contributed by atoms with van der Waals surface area (Å²) in [5.41, 5.74) is 2.69. The zero-order valence-electron chi connectivity index (χ0n) is 15.5. The van der Waals surface area contributed by atoms with E-state index in [2.05, 4.69) is 32.5 Å². The Labute approximate surface area is 162 Å². The number of fused-ring (bicyclic) bond motifs is 1. The molecule has 0 unspecified atom stereocenters. The zero-order valence-corrected chi connectivity index (χ0v) is 16.3. The minimum Gasteiger partial charge on any atom is -0.356 e. The molecule has 2 fully saturated rings. The topological polar surface area (TPSA) is 58.3 Å². The van der Waals surface area contributed by atoms with Gasteiger partial charge in [0.1, 0.15) is 0 Å². The summed E-state index contributed by atoms with van der Waals surface area (Å²) in [6.07, 6.45) is 5.84. The summed E-state index contributed by atoms with van der Waals surface area (Å²) in [4.78, 5) is 15.8. The molecule has 0 radical (unpaired) electrons. The number of piperidine rings is 1. The highest BCUT2D eigenvalue weighted by atomic mass is 32.1. The molecule has 2 saturated heterocycles. The fourth-order valence-electron chi connectivity index (χ4n) is 4.13. The van der Waals surface area contributed by atoms with Crippen LogP contribution in [0.15, 0.2) is 34.3 Å². The van der Waals surface area contributed by atoms with Crippen molar-refractivity contribution in [2.75, 3.05) is 31.1 Å². The van der Waals surface area contributed by atoms with Crippen LogP contribution >= 0.6 is 11.3 Å². The van der Waals surface area contributed by atoms with Gasteiger partial charge in [0, 0.05) is 37.9 Å². The summed E-state index contributed by atoms with van der Waals surface area (Å²) < 4.78 is 5.50. The van der Waals surface area contributed by atoms with Crippen molar-refractivity contribution in [1.29, 1.82) is 0 Å². The van der Waals surface area contributed by atoms with Gasteiger partial charge in [-0.05, 0) is 37.8 Å². The molecule has 2 aliphatic rings. The predicted molar refractivity (Wildman–Crippen MR) is 107 cm³/mol. The second-order valence-corrected chi connectivity index (χ2v) is 8.32. The minimum atomic E-state index is 0.637. The van der Waals surface area contributed by atoms with Crippen LogP contribution in [0.4, 0.5) is 5.95 Å². The summed E-state index contributed by atoms with van der Waals surface area (Å²) >= 11 is 1.69. The Morgan fingerprint density at radius 3 is 3.00 bits per heavy atom. The standard InChI is InChI=1S/C20H23N5OS/c1-14-11-17(26-23-14)16-12-21-20(22-19(16)18-6-4-10-27-18)25-9-8-24-7-3-2-5-15(24)13-25/h4,6,10-12,15H,2-3,5,7-9,13H2,1H3/t15-/m1/s1. The molecule has 3 aromatic rings. The lowest BCUT2D eigenvalue weighted by molar-refractivity contribution is 0.133. The van der Waals surface area contributed by atoms with E-state index < -0.39 is 0 Å². The normalized spacial score (nSPS) is 20.6. The number of rotatable bonds is 3. The highest BCUT2D eigenvalue weighted by Gasteiger charge is 2.30. The summed E-state index contributed by atoms with van der Waals surface area (Å²) in [5, 5.41) is 6.11. The molecular weight excluding hydrogens is 358 g/mol. The Bertz CT molecular complexity index is 922. The number of anilines is 1. The molecule has 5 heterocycles. The summed E-state index contributed by atoms with van der Waals surface area (Å²) in [7, 11) is 0. The quantitative estimate of drug-likeness (QED) is 0.687. The van der Waals surface area contributed by atoms with Crippen LogP contribution in [0.25, 0.3) is 21.9 Å². The molecule has 2 aliphatic heterocycles. The van der Waals surface area contributed by atoms with Crippen LogP contribution in [0.1, 0.15) is 25.0 Å². The lowest BCUT2D eigenvalue weighted by Crippen LogP contribution is -2.55. The third kappa shape index (κ3) is 3.26. The van der Waals surface area contributed by atoms with Crippen molar-refractivity contribution in [3.8, 4) is 21.9 Å². The van der Waals surface area contributed by atoms with Gasteiger partial charge in [0.05, 0.1) is 21.8 Å². The molecule has 27 heavy (non-hydrogen) atoms. The maximum atomic E-state index is 5.50. The maximum Gasteiger partial charge on any atom is 0.226 e. The van der Waals surface area contributed by atoms with E-state index in [0.717, 1.165) is 53.2 Å². The van der Waals surface area contributed by atoms with Gasteiger partial charge in [-0.3, -0.25) is 4.90 Å². The number of aryl methyl sites for hydroxylation is 1. The van der Waals surface area contributed by atoms with Gasteiger partial charge < -0.3 is 9.42 Å². The SMILES string of the molecule is Cc1cc(-c2cnc(N3CCN4CCCC[C@@H]4C3)nc2-c2cccs2)on1. The van der Waals surface area contributed by atoms with Crippen molar-refractivity contribution in [1.82, 2.24) is 20.0 Å². The summed E-state index contributed by atoms with van der Waals surface area (Å²) in [6.45, 7) is 6.28. The van der Waals surface area contributed by atoms with Gasteiger partial charge in [0.15, 0.2) is 5.76 Å². The molecule has 6 nitrogen and oxygen atoms in total. The highest BCUT2D eigenvalue weighted by Crippen LogP contribution is 2.34. The molecular formula is C20H23N5OS. The lowest BCUT2D eigenvalue weighted by Gasteiger charge is -2.44. The molecule has 0 aromatic carbocycles. The number of hydrogen-bond donors (Lipinski definition) is 0. The van der Waals surface area contributed by atoms with Gasteiger partial charge in [-0.2, -0.15) is 0 Å². The van der Waals surface area contributed by atoms with Crippen LogP contribution in [0, 0.1) is 6.92 Å². The van der Waals surface area contributed by atoms with E-state index in [-0.39, 0.29) is 0 Å². The number of aromatic nitrogens is 3. The molecule has 0 amide bonds. The third-order valence-corrected chi connectivity index (χ3v) is 6.42. The van der Waals surface area contributed by atoms with Gasteiger partial charge in [0.25, 0.3) is 0 Å². The predicted octanol–water partition coefficient (Wildman–Crippen LogP) is 3.84. The van der Waals surface area contributed by atoms with Crippen molar-refractivity contribution in [3.63, 3.8) is 0 Å². The van der Waals surface area contributed by atoms with Gasteiger partial charge in [-0.15, -0.1) is 11.3 Å². The molecule has 140 valence electrons. The van der Waals surface area contributed by atoms with Crippen LogP contribution in [-0.4, -0.2) is 52.2 Å². The Morgan fingerprint density at radius 2 is 2.19 bits per heavy atom. The van der Waals surface area contributed by atoms with Crippen LogP contribution in [0.3, 0.4) is 0 Å². The van der Waals surface area contributed by atoms with Crippen molar-refractivity contribution >= 4 is 17.3 Å². The van der Waals surface area contributed by atoms with Gasteiger partial charge in [-0.1, -0.05) is 17.6 Å². The summed E-state index contributed by atoms with van der Waals surface area (Å²) in [6, 6.07) is 6.73. The van der Waals surface area contributed by atoms with Crippen molar-refractivity contribution in [2.24, 2.45) is 0 Å². The van der Waals surface area contributed by atoms with Gasteiger partial charge >= 0.3 is 0 Å². The Hall–Kier alpha value is -2.25. The fraction of sp³-hybridized carbons (Fsp3) is 0.450. The van der Waals surface area contributed by atoms with E-state index in [9.17, 15) is 0 Å². The molecule has 7 heteroatoms. The smallest absolute Gasteiger partial charge is 0.226 e. The van der Waals surface area contributed by atoms with Crippen LogP contribution in [0.5, 0.6) is 0 Å². The zero-order chi connectivity index (χ0) is 18.2. The first-order valence-electron chi connectivity index (χ1n) is 9.61. The fourth-order valence-corrected chi connectivity index (χ4v) is 4.86. The van der Waals surface area contributed by atoms with Gasteiger partial charge in [0.2, 0.25) is 5.95 Å². The molecule has 0 N–H and O–H groups in total. The number of nitrogens with zero attached hydrogens (tertiary/aromatic N) is 5. The molecule has 0 bridgehead atoms. The number of piperazine rings is 1. The van der Waals surface area contributed by atoms with Crippen LogP contribution < -0.4 is 4.90 Å². The highest BCUT2D eigenvalue weighted by molar-refractivity contribution is 7.13. The monoisotopic (exact) mass is 381 g/mol. The van der Waals surface area contributed by atoms with Crippen molar-refractivity contribution in [3.05, 3.63) is 35.5 Å². The van der Waals surface area contributed by atoms with Crippen LogP contribution in [-0.2, 0) is 0 Å². The largest absolute Gasteiger partial charge is 0.356 e. The molecule has 0 spiro atoms. The first kappa shape index (κ1) is 16.9. The van der Waals surface area contributed by atoms with E-state index in [1.165, 1.54) is 25.8 Å². The molecule has 3 aromatic heterocycles. The van der Waals surface area contributed by atoms with Crippen LogP contribution in [0.2, 0.25) is 0 Å². The second-order valence-electron chi connectivity index (χ2n) is 7.37. The van der Waals surface area contributed by atoms with Gasteiger partial charge in [-0.25, -0.2) is 9.97 Å². The minimum absolute atomic E-state index is 0.637.